The molecule has 0 bridgehead atoms. The van der Waals surface area contributed by atoms with Crippen LogP contribution in [-0.4, -0.2) is 91.7 Å². The third kappa shape index (κ3) is 7.45. The average molecular weight is 586 g/mol. The number of piperazine rings is 1. The summed E-state index contributed by atoms with van der Waals surface area (Å²) in [6, 6.07) is 5.80. The number of ether oxygens (including phenoxy) is 1. The quantitative estimate of drug-likeness (QED) is 0.452. The van der Waals surface area contributed by atoms with Gasteiger partial charge in [-0.25, -0.2) is 4.98 Å². The van der Waals surface area contributed by atoms with E-state index in [1.807, 2.05) is 18.2 Å². The Balaban J connectivity index is 1.41. The maximum atomic E-state index is 13.6. The molecule has 2 N–H and O–H groups in total. The largest absolute Gasteiger partial charge is 0.421 e. The van der Waals surface area contributed by atoms with E-state index < -0.39 is 11.7 Å². The average Bonchev–Trinajstić information content (AvgIpc) is 3.07. The van der Waals surface area contributed by atoms with Crippen LogP contribution in [0, 0.1) is 0 Å². The van der Waals surface area contributed by atoms with Crippen molar-refractivity contribution < 1.29 is 22.7 Å². The van der Waals surface area contributed by atoms with Crippen LogP contribution in [0.5, 0.6) is 0 Å². The van der Waals surface area contributed by atoms with Crippen molar-refractivity contribution >= 4 is 45.0 Å². The van der Waals surface area contributed by atoms with Gasteiger partial charge in [0.15, 0.2) is 0 Å². The number of nitrogens with one attached hydrogen (secondary N) is 2. The summed E-state index contributed by atoms with van der Waals surface area (Å²) in [4.78, 5) is 26.3. The third-order valence-corrected chi connectivity index (χ3v) is 7.03. The van der Waals surface area contributed by atoms with Crippen molar-refractivity contribution in [3.63, 3.8) is 0 Å². The van der Waals surface area contributed by atoms with Crippen molar-refractivity contribution in [2.45, 2.75) is 19.0 Å². The van der Waals surface area contributed by atoms with Gasteiger partial charge in [-0.2, -0.15) is 18.2 Å². The lowest BCUT2D eigenvalue weighted by Gasteiger charge is -2.34. The van der Waals surface area contributed by atoms with Gasteiger partial charge in [-0.1, -0.05) is 0 Å². The molecule has 1 amide bonds. The molecule has 0 unspecified atom stereocenters. The predicted octanol–water partition coefficient (Wildman–Crippen LogP) is 3.80. The standard InChI is InChI=1S/C24H31BrF3N7O2/c1-33-8-10-34(11-9-33)17-3-4-20(19(25)15-17)31-23-30-16-18(24(26,27)28)22(32-23)29-6-2-7-35-12-14-37-13-5-21(35)36/h3-4,15-16H,2,5-14H2,1H3,(H2,29,30,31,32). The highest BCUT2D eigenvalue weighted by atomic mass is 79.9. The zero-order valence-electron chi connectivity index (χ0n) is 20.7. The maximum Gasteiger partial charge on any atom is 0.421 e. The van der Waals surface area contributed by atoms with Gasteiger partial charge < -0.3 is 30.1 Å². The smallest absolute Gasteiger partial charge is 0.379 e. The molecule has 2 saturated heterocycles. The van der Waals surface area contributed by atoms with Crippen molar-refractivity contribution in [1.29, 1.82) is 0 Å². The van der Waals surface area contributed by atoms with Crippen LogP contribution in [-0.2, 0) is 15.7 Å². The highest BCUT2D eigenvalue weighted by Crippen LogP contribution is 2.35. The summed E-state index contributed by atoms with van der Waals surface area (Å²) in [7, 11) is 2.10. The van der Waals surface area contributed by atoms with Crippen LogP contribution < -0.4 is 15.5 Å². The molecule has 13 heteroatoms. The van der Waals surface area contributed by atoms with Crippen LogP contribution in [0.3, 0.4) is 0 Å². The molecule has 2 aliphatic rings. The molecule has 2 aromatic rings. The number of carbonyl (C=O) groups is 1. The first-order valence-corrected chi connectivity index (χ1v) is 13.0. The second-order valence-corrected chi connectivity index (χ2v) is 9.91. The maximum absolute atomic E-state index is 13.6. The second-order valence-electron chi connectivity index (χ2n) is 9.06. The van der Waals surface area contributed by atoms with Gasteiger partial charge in [0.1, 0.15) is 11.4 Å². The van der Waals surface area contributed by atoms with E-state index in [9.17, 15) is 18.0 Å². The predicted molar refractivity (Wildman–Crippen MR) is 139 cm³/mol. The molecule has 0 atom stereocenters. The first-order valence-electron chi connectivity index (χ1n) is 12.2. The van der Waals surface area contributed by atoms with Gasteiger partial charge in [-0.15, -0.1) is 0 Å². The van der Waals surface area contributed by atoms with Crippen LogP contribution in [0.1, 0.15) is 18.4 Å². The number of carbonyl (C=O) groups excluding carboxylic acids is 1. The molecule has 37 heavy (non-hydrogen) atoms. The van der Waals surface area contributed by atoms with Crippen molar-refractivity contribution in [1.82, 2.24) is 19.8 Å². The molecule has 4 rings (SSSR count). The molecule has 0 spiro atoms. The minimum Gasteiger partial charge on any atom is -0.379 e. The molecule has 0 saturated carbocycles. The zero-order valence-corrected chi connectivity index (χ0v) is 22.2. The van der Waals surface area contributed by atoms with Crippen molar-refractivity contribution in [3.05, 3.63) is 34.4 Å². The van der Waals surface area contributed by atoms with Gasteiger partial charge >= 0.3 is 6.18 Å². The number of hydrogen-bond acceptors (Lipinski definition) is 8. The topological polar surface area (TPSA) is 85.9 Å². The number of halogens is 4. The molecule has 0 radical (unpaired) electrons. The van der Waals surface area contributed by atoms with E-state index in [-0.39, 0.29) is 24.2 Å². The Kier molecular flexibility index (Phi) is 9.08. The van der Waals surface area contributed by atoms with Gasteiger partial charge in [-0.05, 0) is 47.6 Å². The summed E-state index contributed by atoms with van der Waals surface area (Å²) in [5.74, 6) is -0.268. The van der Waals surface area contributed by atoms with Crippen LogP contribution in [0.25, 0.3) is 0 Å². The number of anilines is 4. The fourth-order valence-corrected chi connectivity index (χ4v) is 4.67. The van der Waals surface area contributed by atoms with Crippen LogP contribution in [0.4, 0.5) is 36.3 Å². The van der Waals surface area contributed by atoms with Gasteiger partial charge in [0.2, 0.25) is 11.9 Å². The van der Waals surface area contributed by atoms with E-state index in [0.29, 0.717) is 44.8 Å². The second kappa shape index (κ2) is 12.3. The summed E-state index contributed by atoms with van der Waals surface area (Å²) in [6.07, 6.45) is -3.04. The third-order valence-electron chi connectivity index (χ3n) is 6.38. The normalized spacial score (nSPS) is 17.6. The van der Waals surface area contributed by atoms with Crippen LogP contribution in [0.15, 0.2) is 28.9 Å². The summed E-state index contributed by atoms with van der Waals surface area (Å²) >= 11 is 3.56. The molecule has 2 fully saturated rings. The molecule has 9 nitrogen and oxygen atoms in total. The highest BCUT2D eigenvalue weighted by molar-refractivity contribution is 9.10. The van der Waals surface area contributed by atoms with Crippen LogP contribution >= 0.6 is 15.9 Å². The number of amides is 1. The monoisotopic (exact) mass is 585 g/mol. The van der Waals surface area contributed by atoms with Gasteiger partial charge in [0, 0.05) is 62.2 Å². The summed E-state index contributed by atoms with van der Waals surface area (Å²) < 4.78 is 46.8. The van der Waals surface area contributed by atoms with Crippen molar-refractivity contribution in [3.8, 4) is 0 Å². The van der Waals surface area contributed by atoms with E-state index in [2.05, 4.69) is 53.4 Å². The lowest BCUT2D eigenvalue weighted by Crippen LogP contribution is -2.44. The van der Waals surface area contributed by atoms with Crippen LogP contribution in [0.2, 0.25) is 0 Å². The number of benzene rings is 1. The van der Waals surface area contributed by atoms with Gasteiger partial charge in [0.05, 0.1) is 25.3 Å². The number of rotatable bonds is 8. The minimum atomic E-state index is -4.61. The number of nitrogens with zero attached hydrogens (tertiary/aromatic N) is 5. The van der Waals surface area contributed by atoms with Gasteiger partial charge in [-0.3, -0.25) is 4.79 Å². The Morgan fingerprint density at radius 3 is 2.65 bits per heavy atom. The van der Waals surface area contributed by atoms with Gasteiger partial charge in [0.25, 0.3) is 0 Å². The Labute approximate surface area is 222 Å². The zero-order chi connectivity index (χ0) is 26.4. The SMILES string of the molecule is CN1CCN(c2ccc(Nc3ncc(C(F)(F)F)c(NCCCN4CCOCCC4=O)n3)c(Br)c2)CC1. The Bertz CT molecular complexity index is 1080. The van der Waals surface area contributed by atoms with E-state index in [1.165, 1.54) is 0 Å². The molecule has 1 aromatic carbocycles. The first kappa shape index (κ1) is 27.4. The number of alkyl halides is 3. The minimum absolute atomic E-state index is 0.00813. The molecule has 1 aromatic heterocycles. The fraction of sp³-hybridized carbons (Fsp3) is 0.542. The summed E-state index contributed by atoms with van der Waals surface area (Å²) in [6.45, 7) is 5.80. The number of aromatic nitrogens is 2. The highest BCUT2D eigenvalue weighted by Gasteiger charge is 2.35. The van der Waals surface area contributed by atoms with Crippen molar-refractivity contribution in [2.75, 3.05) is 81.6 Å². The number of hydrogen-bond donors (Lipinski definition) is 2. The lowest BCUT2D eigenvalue weighted by atomic mass is 10.2. The number of likely N-dealkylation sites (N-methyl/N-ethyl adjacent to an activating group) is 1. The Morgan fingerprint density at radius 2 is 1.92 bits per heavy atom. The fourth-order valence-electron chi connectivity index (χ4n) is 4.20. The van der Waals surface area contributed by atoms with E-state index in [4.69, 9.17) is 4.74 Å². The first-order chi connectivity index (χ1) is 17.7. The Hall–Kier alpha value is -2.64. The summed E-state index contributed by atoms with van der Waals surface area (Å²) in [5, 5.41) is 5.80. The molecular weight excluding hydrogens is 555 g/mol. The summed E-state index contributed by atoms with van der Waals surface area (Å²) in [5.41, 5.74) is 0.767. The van der Waals surface area contributed by atoms with E-state index >= 15 is 0 Å². The van der Waals surface area contributed by atoms with Crippen molar-refractivity contribution in [2.24, 2.45) is 0 Å². The molecular formula is C24H31BrF3N7O2. The van der Waals surface area contributed by atoms with E-state index in [1.54, 1.807) is 4.90 Å². The molecule has 3 heterocycles. The molecule has 202 valence electrons. The lowest BCUT2D eigenvalue weighted by molar-refractivity contribution is -0.137. The van der Waals surface area contributed by atoms with E-state index in [0.717, 1.165) is 42.5 Å². The Morgan fingerprint density at radius 1 is 1.14 bits per heavy atom. The molecule has 2 aliphatic heterocycles. The molecule has 0 aliphatic carbocycles.